The Morgan fingerprint density at radius 3 is 1.88 bits per heavy atom. The first-order chi connectivity index (χ1) is 10.8. The molecule has 1 aliphatic rings. The maximum absolute atomic E-state index is 9.62. The molecule has 0 aromatic heterocycles. The van der Waals surface area contributed by atoms with Gasteiger partial charge in [0.2, 0.25) is 0 Å². The van der Waals surface area contributed by atoms with E-state index >= 15 is 0 Å². The summed E-state index contributed by atoms with van der Waals surface area (Å²) in [6, 6.07) is 10.1. The van der Waals surface area contributed by atoms with E-state index in [2.05, 4.69) is 25.7 Å². The van der Waals surface area contributed by atoms with Crippen LogP contribution in [0.4, 0.5) is 0 Å². The fraction of sp³-hybridized carbons (Fsp3) is 0.611. The number of hydrogen-bond donors (Lipinski definition) is 0. The van der Waals surface area contributed by atoms with E-state index in [-0.39, 0.29) is 11.2 Å². The Labute approximate surface area is 147 Å². The summed E-state index contributed by atoms with van der Waals surface area (Å²) in [7, 11) is -2.24. The average Bonchev–Trinajstić information content (AvgIpc) is 2.66. The molecule has 6 heteroatoms. The maximum Gasteiger partial charge on any atom is 0.494 e. The Bertz CT molecular complexity index is 630. The van der Waals surface area contributed by atoms with Gasteiger partial charge >= 0.3 is 7.12 Å². The van der Waals surface area contributed by atoms with Crippen molar-refractivity contribution in [3.05, 3.63) is 29.8 Å². The van der Waals surface area contributed by atoms with Crippen LogP contribution in [-0.4, -0.2) is 26.6 Å². The smallest absolute Gasteiger partial charge is 0.399 e. The van der Waals surface area contributed by atoms with Crippen molar-refractivity contribution in [2.45, 2.75) is 71.1 Å². The van der Waals surface area contributed by atoms with Crippen molar-refractivity contribution in [3.63, 3.8) is 0 Å². The number of rotatable bonds is 4. The van der Waals surface area contributed by atoms with Gasteiger partial charge in [0.1, 0.15) is 6.07 Å². The third kappa shape index (κ3) is 3.75. The van der Waals surface area contributed by atoms with E-state index < -0.39 is 21.0 Å². The molecule has 1 atom stereocenters. The van der Waals surface area contributed by atoms with Gasteiger partial charge < -0.3 is 13.7 Å². The second-order valence-electron chi connectivity index (χ2n) is 8.57. The van der Waals surface area contributed by atoms with Gasteiger partial charge in [-0.3, -0.25) is 0 Å². The first-order valence-electron chi connectivity index (χ1n) is 8.37. The van der Waals surface area contributed by atoms with Crippen LogP contribution in [0, 0.1) is 11.3 Å². The van der Waals surface area contributed by atoms with E-state index in [0.717, 1.165) is 11.0 Å². The Balaban J connectivity index is 2.24. The van der Waals surface area contributed by atoms with E-state index in [9.17, 15) is 5.26 Å². The summed E-state index contributed by atoms with van der Waals surface area (Å²) < 4.78 is 18.2. The summed E-state index contributed by atoms with van der Waals surface area (Å²) in [5.74, 6) is 0. The molecule has 0 amide bonds. The third-order valence-electron chi connectivity index (χ3n) is 4.71. The van der Waals surface area contributed by atoms with Crippen LogP contribution < -0.4 is 5.46 Å². The molecule has 0 saturated carbocycles. The van der Waals surface area contributed by atoms with Crippen LogP contribution in [0.5, 0.6) is 0 Å². The van der Waals surface area contributed by atoms with Gasteiger partial charge in [-0.25, -0.2) is 0 Å². The van der Waals surface area contributed by atoms with Crippen molar-refractivity contribution >= 4 is 20.9 Å². The highest BCUT2D eigenvalue weighted by Gasteiger charge is 2.51. The molecule has 130 valence electrons. The van der Waals surface area contributed by atoms with Crippen LogP contribution >= 0.6 is 0 Å². The quantitative estimate of drug-likeness (QED) is 0.783. The number of nitriles is 1. The van der Waals surface area contributed by atoms with Gasteiger partial charge in [-0.15, -0.1) is 0 Å². The number of hydrogen-bond acceptors (Lipinski definition) is 4. The predicted molar refractivity (Wildman–Crippen MR) is 99.6 cm³/mol. The van der Waals surface area contributed by atoms with Crippen molar-refractivity contribution in [1.82, 2.24) is 0 Å². The molecule has 24 heavy (non-hydrogen) atoms. The fourth-order valence-corrected chi connectivity index (χ4v) is 4.08. The van der Waals surface area contributed by atoms with Gasteiger partial charge in [-0.2, -0.15) is 5.26 Å². The van der Waals surface area contributed by atoms with Gasteiger partial charge in [0.25, 0.3) is 0 Å². The molecule has 0 aliphatic carbocycles. The number of nitrogens with zero attached hydrogens (tertiary/aromatic N) is 1. The standard InChI is InChI=1S/C18H28BNO3Si/c1-16(2)17(3,4)22-19(21-16)15-11-9-14(10-12-15)18(5,13-20)23-24(6,7)8/h9-12H,1-8H3. The lowest BCUT2D eigenvalue weighted by molar-refractivity contribution is 0.00578. The SMILES string of the molecule is CC(C#N)(O[Si](C)(C)C)c1ccc(B2OC(C)(C)C(C)(C)O2)cc1. The van der Waals surface area contributed by atoms with E-state index in [1.54, 1.807) is 0 Å². The molecule has 0 bridgehead atoms. The van der Waals surface area contributed by atoms with Crippen molar-refractivity contribution in [3.8, 4) is 6.07 Å². The zero-order valence-electron chi connectivity index (χ0n) is 16.1. The molecule has 1 fully saturated rings. The topological polar surface area (TPSA) is 51.5 Å². The summed E-state index contributed by atoms with van der Waals surface area (Å²) >= 11 is 0. The minimum absolute atomic E-state index is 0.363. The average molecular weight is 345 g/mol. The first-order valence-corrected chi connectivity index (χ1v) is 11.8. The minimum Gasteiger partial charge on any atom is -0.399 e. The Hall–Kier alpha value is -1.13. The zero-order chi connectivity index (χ0) is 18.4. The van der Waals surface area contributed by atoms with Gasteiger partial charge in [-0.05, 0) is 65.3 Å². The van der Waals surface area contributed by atoms with Gasteiger partial charge in [0, 0.05) is 0 Å². The maximum atomic E-state index is 9.62. The summed E-state index contributed by atoms with van der Waals surface area (Å²) in [5, 5.41) is 9.62. The lowest BCUT2D eigenvalue weighted by Gasteiger charge is -2.32. The van der Waals surface area contributed by atoms with E-state index in [1.165, 1.54) is 0 Å². The highest BCUT2D eigenvalue weighted by molar-refractivity contribution is 6.69. The van der Waals surface area contributed by atoms with Crippen molar-refractivity contribution < 1.29 is 13.7 Å². The zero-order valence-corrected chi connectivity index (χ0v) is 17.1. The van der Waals surface area contributed by atoms with Gasteiger partial charge in [0.15, 0.2) is 13.9 Å². The largest absolute Gasteiger partial charge is 0.494 e. The van der Waals surface area contributed by atoms with Crippen LogP contribution in [-0.2, 0) is 19.3 Å². The van der Waals surface area contributed by atoms with Crippen LogP contribution in [0.2, 0.25) is 19.6 Å². The second kappa shape index (κ2) is 5.99. The molecule has 1 aromatic carbocycles. The molecule has 1 heterocycles. The van der Waals surface area contributed by atoms with Crippen molar-refractivity contribution in [1.29, 1.82) is 5.26 Å². The normalized spacial score (nSPS) is 22.0. The van der Waals surface area contributed by atoms with E-state index in [1.807, 2.05) is 58.9 Å². The molecule has 2 rings (SSSR count). The highest BCUT2D eigenvalue weighted by Crippen LogP contribution is 2.36. The Morgan fingerprint density at radius 1 is 1.04 bits per heavy atom. The molecule has 4 nitrogen and oxygen atoms in total. The van der Waals surface area contributed by atoms with E-state index in [4.69, 9.17) is 13.7 Å². The van der Waals surface area contributed by atoms with E-state index in [0.29, 0.717) is 0 Å². The van der Waals surface area contributed by atoms with Crippen LogP contribution in [0.3, 0.4) is 0 Å². The second-order valence-corrected chi connectivity index (χ2v) is 13.0. The van der Waals surface area contributed by atoms with Crippen LogP contribution in [0.1, 0.15) is 40.2 Å². The third-order valence-corrected chi connectivity index (χ3v) is 5.73. The molecule has 1 aromatic rings. The lowest BCUT2D eigenvalue weighted by Crippen LogP contribution is -2.41. The summed E-state index contributed by atoms with van der Waals surface area (Å²) in [4.78, 5) is 0. The van der Waals surface area contributed by atoms with Crippen molar-refractivity contribution in [2.24, 2.45) is 0 Å². The molecule has 0 radical (unpaired) electrons. The Kier molecular flexibility index (Phi) is 4.79. The van der Waals surface area contributed by atoms with Crippen LogP contribution in [0.25, 0.3) is 0 Å². The molecule has 1 unspecified atom stereocenters. The molecular weight excluding hydrogens is 317 g/mol. The molecular formula is C18H28BNO3Si. The fourth-order valence-electron chi connectivity index (χ4n) is 2.70. The van der Waals surface area contributed by atoms with Gasteiger partial charge in [-0.1, -0.05) is 24.3 Å². The molecule has 0 spiro atoms. The molecule has 0 N–H and O–H groups in total. The number of benzene rings is 1. The van der Waals surface area contributed by atoms with Crippen LogP contribution in [0.15, 0.2) is 24.3 Å². The minimum atomic E-state index is -1.85. The summed E-state index contributed by atoms with van der Waals surface area (Å²) in [6.45, 7) is 16.2. The monoisotopic (exact) mass is 345 g/mol. The van der Waals surface area contributed by atoms with Crippen molar-refractivity contribution in [2.75, 3.05) is 0 Å². The Morgan fingerprint density at radius 2 is 1.50 bits per heavy atom. The predicted octanol–water partition coefficient (Wildman–Crippen LogP) is 3.58. The molecule has 1 saturated heterocycles. The van der Waals surface area contributed by atoms with Gasteiger partial charge in [0.05, 0.1) is 11.2 Å². The first kappa shape index (κ1) is 19.2. The lowest BCUT2D eigenvalue weighted by atomic mass is 9.78. The summed E-state index contributed by atoms with van der Waals surface area (Å²) in [6.07, 6.45) is 0. The highest BCUT2D eigenvalue weighted by atomic mass is 28.4. The molecule has 1 aliphatic heterocycles. The summed E-state index contributed by atoms with van der Waals surface area (Å²) in [5.41, 5.74) is 0.147.